The van der Waals surface area contributed by atoms with Crippen LogP contribution in [0.4, 0.5) is 5.69 Å². The van der Waals surface area contributed by atoms with Gasteiger partial charge in [-0.05, 0) is 42.7 Å². The molecule has 2 heterocycles. The van der Waals surface area contributed by atoms with Crippen molar-refractivity contribution in [1.29, 1.82) is 0 Å². The van der Waals surface area contributed by atoms with E-state index in [1.54, 1.807) is 4.68 Å². The van der Waals surface area contributed by atoms with Crippen LogP contribution in [0, 0.1) is 13.8 Å². The molecule has 8 nitrogen and oxygen atoms in total. The number of aromatic nitrogens is 5. The van der Waals surface area contributed by atoms with Crippen LogP contribution in [0.2, 0.25) is 0 Å². The molecule has 0 saturated heterocycles. The van der Waals surface area contributed by atoms with Crippen LogP contribution in [0.5, 0.6) is 0 Å². The fourth-order valence-corrected chi connectivity index (χ4v) is 3.26. The second kappa shape index (κ2) is 7.67. The fraction of sp³-hybridized carbons (Fsp3) is 0.190. The number of anilines is 1. The van der Waals surface area contributed by atoms with Gasteiger partial charge in [0.15, 0.2) is 11.2 Å². The van der Waals surface area contributed by atoms with Crippen molar-refractivity contribution in [2.24, 2.45) is 0 Å². The Morgan fingerprint density at radius 3 is 2.52 bits per heavy atom. The summed E-state index contributed by atoms with van der Waals surface area (Å²) >= 11 is 0. The highest BCUT2D eigenvalue weighted by Crippen LogP contribution is 2.14. The fourth-order valence-electron chi connectivity index (χ4n) is 3.26. The molecule has 0 saturated carbocycles. The molecule has 0 spiro atoms. The van der Waals surface area contributed by atoms with E-state index in [1.807, 2.05) is 62.4 Å². The summed E-state index contributed by atoms with van der Waals surface area (Å²) in [6.45, 7) is 4.23. The molecule has 0 unspecified atom stereocenters. The number of rotatable bonds is 5. The van der Waals surface area contributed by atoms with E-state index in [9.17, 15) is 9.59 Å². The number of nitrogens with one attached hydrogen (secondary N) is 1. The lowest BCUT2D eigenvalue weighted by molar-refractivity contribution is -0.116. The van der Waals surface area contributed by atoms with Crippen LogP contribution in [0.15, 0.2) is 59.7 Å². The molecule has 29 heavy (non-hydrogen) atoms. The average Bonchev–Trinajstić information content (AvgIpc) is 3.07. The highest BCUT2D eigenvalue weighted by molar-refractivity contribution is 5.90. The van der Waals surface area contributed by atoms with Gasteiger partial charge in [-0.3, -0.25) is 14.2 Å². The van der Waals surface area contributed by atoms with Crippen LogP contribution < -0.4 is 10.9 Å². The van der Waals surface area contributed by atoms with E-state index >= 15 is 0 Å². The zero-order valence-corrected chi connectivity index (χ0v) is 16.2. The van der Waals surface area contributed by atoms with Crippen LogP contribution in [0.3, 0.4) is 0 Å². The second-order valence-electron chi connectivity index (χ2n) is 7.01. The molecule has 8 heteroatoms. The third-order valence-corrected chi connectivity index (χ3v) is 4.49. The first kappa shape index (κ1) is 18.5. The summed E-state index contributed by atoms with van der Waals surface area (Å²) in [5, 5.41) is 10.8. The number of nitrogens with zero attached hydrogens (tertiary/aromatic N) is 5. The van der Waals surface area contributed by atoms with Crippen molar-refractivity contribution in [3.63, 3.8) is 0 Å². The summed E-state index contributed by atoms with van der Waals surface area (Å²) in [5.41, 5.74) is 3.96. The molecule has 1 N–H and O–H groups in total. The molecule has 0 radical (unpaired) electrons. The van der Waals surface area contributed by atoms with Gasteiger partial charge >= 0.3 is 0 Å². The normalized spacial score (nSPS) is 11.0. The Morgan fingerprint density at radius 2 is 1.79 bits per heavy atom. The van der Waals surface area contributed by atoms with Gasteiger partial charge in [0.05, 0.1) is 6.54 Å². The summed E-state index contributed by atoms with van der Waals surface area (Å²) in [7, 11) is 0. The van der Waals surface area contributed by atoms with Gasteiger partial charge in [0.25, 0.3) is 5.56 Å². The Balaban J connectivity index is 1.55. The molecule has 0 aliphatic rings. The van der Waals surface area contributed by atoms with E-state index in [-0.39, 0.29) is 18.0 Å². The lowest BCUT2D eigenvalue weighted by Crippen LogP contribution is -2.28. The summed E-state index contributed by atoms with van der Waals surface area (Å²) in [6, 6.07) is 15.5. The van der Waals surface area contributed by atoms with Crippen LogP contribution in [-0.4, -0.2) is 30.5 Å². The predicted molar refractivity (Wildman–Crippen MR) is 110 cm³/mol. The zero-order chi connectivity index (χ0) is 20.4. The molecule has 2 aromatic heterocycles. The van der Waals surface area contributed by atoms with Crippen molar-refractivity contribution in [2.45, 2.75) is 26.9 Å². The molecule has 1 amide bonds. The van der Waals surface area contributed by atoms with Crippen LogP contribution in [0.1, 0.15) is 16.7 Å². The van der Waals surface area contributed by atoms with Crippen molar-refractivity contribution in [3.8, 4) is 0 Å². The first-order chi connectivity index (χ1) is 14.0. The molecule has 0 atom stereocenters. The maximum absolute atomic E-state index is 12.7. The minimum Gasteiger partial charge on any atom is -0.325 e. The number of carbonyl (C=O) groups excluding carboxylic acids is 1. The number of amides is 1. The minimum atomic E-state index is -0.398. The third-order valence-electron chi connectivity index (χ3n) is 4.49. The first-order valence-electron chi connectivity index (χ1n) is 9.20. The molecule has 0 aliphatic heterocycles. The van der Waals surface area contributed by atoms with Gasteiger partial charge in [0.1, 0.15) is 12.9 Å². The lowest BCUT2D eigenvalue weighted by Gasteiger charge is -2.09. The molecule has 0 fully saturated rings. The van der Waals surface area contributed by atoms with E-state index in [1.165, 1.54) is 10.9 Å². The van der Waals surface area contributed by atoms with Gasteiger partial charge in [-0.1, -0.05) is 41.6 Å². The van der Waals surface area contributed by atoms with Gasteiger partial charge in [-0.15, -0.1) is 5.10 Å². The van der Waals surface area contributed by atoms with Crippen LogP contribution in [0.25, 0.3) is 11.2 Å². The van der Waals surface area contributed by atoms with Crippen molar-refractivity contribution >= 4 is 22.8 Å². The summed E-state index contributed by atoms with van der Waals surface area (Å²) in [6.07, 6.45) is 1.36. The quantitative estimate of drug-likeness (QED) is 0.566. The van der Waals surface area contributed by atoms with Crippen molar-refractivity contribution < 1.29 is 4.79 Å². The number of hydrogen-bond acceptors (Lipinski definition) is 5. The van der Waals surface area contributed by atoms with Gasteiger partial charge in [-0.25, -0.2) is 9.67 Å². The highest BCUT2D eigenvalue weighted by Gasteiger charge is 2.14. The number of hydrogen-bond donors (Lipinski definition) is 1. The molecule has 2 aromatic carbocycles. The van der Waals surface area contributed by atoms with Crippen molar-refractivity contribution in [2.75, 3.05) is 5.32 Å². The molecular formula is C21H20N6O2. The minimum absolute atomic E-state index is 0.141. The Kier molecular flexibility index (Phi) is 4.90. The Labute approximate surface area is 166 Å². The largest absolute Gasteiger partial charge is 0.325 e. The molecular weight excluding hydrogens is 368 g/mol. The van der Waals surface area contributed by atoms with Gasteiger partial charge in [-0.2, -0.15) is 0 Å². The SMILES string of the molecule is Cc1cc(C)cc(NC(=O)Cn2cnc3c(nnn3Cc3ccccc3)c2=O)c1. The van der Waals surface area contributed by atoms with Crippen molar-refractivity contribution in [3.05, 3.63) is 81.9 Å². The molecule has 146 valence electrons. The number of aryl methyl sites for hydroxylation is 2. The first-order valence-corrected chi connectivity index (χ1v) is 9.20. The standard InChI is InChI=1S/C21H20N6O2/c1-14-8-15(2)10-17(9-14)23-18(28)12-26-13-22-20-19(21(26)29)24-25-27(20)11-16-6-4-3-5-7-16/h3-10,13H,11-12H2,1-2H3,(H,23,28). The van der Waals surface area contributed by atoms with Crippen molar-refractivity contribution in [1.82, 2.24) is 24.5 Å². The van der Waals surface area contributed by atoms with Gasteiger partial charge in [0, 0.05) is 5.69 Å². The number of fused-ring (bicyclic) bond motifs is 1. The van der Waals surface area contributed by atoms with E-state index in [4.69, 9.17) is 0 Å². The highest BCUT2D eigenvalue weighted by atomic mass is 16.2. The molecule has 0 aliphatic carbocycles. The number of carbonyl (C=O) groups is 1. The van der Waals surface area contributed by atoms with E-state index in [0.717, 1.165) is 16.7 Å². The van der Waals surface area contributed by atoms with E-state index in [2.05, 4.69) is 20.6 Å². The van der Waals surface area contributed by atoms with Crippen LogP contribution in [-0.2, 0) is 17.9 Å². The van der Waals surface area contributed by atoms with Gasteiger partial charge < -0.3 is 5.32 Å². The Bertz CT molecular complexity index is 1220. The lowest BCUT2D eigenvalue weighted by atomic mass is 10.1. The number of benzene rings is 2. The summed E-state index contributed by atoms with van der Waals surface area (Å²) in [5.74, 6) is -0.310. The molecule has 4 rings (SSSR count). The predicted octanol–water partition coefficient (Wildman–Crippen LogP) is 2.29. The second-order valence-corrected chi connectivity index (χ2v) is 7.01. The van der Waals surface area contributed by atoms with Gasteiger partial charge in [0.2, 0.25) is 5.91 Å². The van der Waals surface area contributed by atoms with E-state index in [0.29, 0.717) is 17.9 Å². The zero-order valence-electron chi connectivity index (χ0n) is 16.2. The maximum Gasteiger partial charge on any atom is 0.283 e. The Morgan fingerprint density at radius 1 is 1.07 bits per heavy atom. The molecule has 4 aromatic rings. The smallest absolute Gasteiger partial charge is 0.283 e. The third kappa shape index (κ3) is 4.06. The van der Waals surface area contributed by atoms with E-state index < -0.39 is 5.56 Å². The van der Waals surface area contributed by atoms with Crippen LogP contribution >= 0.6 is 0 Å². The average molecular weight is 388 g/mol. The Hall–Kier alpha value is -3.81. The summed E-state index contributed by atoms with van der Waals surface area (Å²) < 4.78 is 2.81. The maximum atomic E-state index is 12.7. The monoisotopic (exact) mass is 388 g/mol. The summed E-state index contributed by atoms with van der Waals surface area (Å²) in [4.78, 5) is 29.4. The molecule has 0 bridgehead atoms. The topological polar surface area (TPSA) is 94.7 Å².